The third kappa shape index (κ3) is 5.34. The Hall–Kier alpha value is -3.80. The minimum absolute atomic E-state index is 0.107. The summed E-state index contributed by atoms with van der Waals surface area (Å²) in [6.45, 7) is 2.05. The van der Waals surface area contributed by atoms with Crippen LogP contribution >= 0.6 is 11.8 Å². The van der Waals surface area contributed by atoms with Gasteiger partial charge >= 0.3 is 5.97 Å². The molecule has 1 aromatic carbocycles. The number of carbonyl (C=O) groups excluding carboxylic acids is 1. The van der Waals surface area contributed by atoms with E-state index < -0.39 is 5.97 Å². The summed E-state index contributed by atoms with van der Waals surface area (Å²) in [5.41, 5.74) is 0.601. The second-order valence-corrected chi connectivity index (χ2v) is 6.03. The third-order valence-electron chi connectivity index (χ3n) is 3.18. The molecule has 0 aliphatic heterocycles. The predicted molar refractivity (Wildman–Crippen MR) is 98.2 cm³/mol. The lowest BCUT2D eigenvalue weighted by atomic mass is 10.2. The lowest BCUT2D eigenvalue weighted by Crippen LogP contribution is -2.04. The van der Waals surface area contributed by atoms with Crippen LogP contribution in [0.4, 0.5) is 5.69 Å². The molecule has 7 nitrogen and oxygen atoms in total. The molecule has 8 heteroatoms. The Morgan fingerprint density at radius 1 is 1.15 bits per heavy atom. The van der Waals surface area contributed by atoms with Gasteiger partial charge in [-0.15, -0.1) is 0 Å². The fourth-order valence-electron chi connectivity index (χ4n) is 1.96. The Morgan fingerprint density at radius 3 is 2.44 bits per heavy atom. The number of esters is 1. The van der Waals surface area contributed by atoms with Gasteiger partial charge in [-0.2, -0.15) is 15.8 Å². The van der Waals surface area contributed by atoms with Gasteiger partial charge in [-0.1, -0.05) is 11.8 Å². The van der Waals surface area contributed by atoms with Crippen LogP contribution in [0.5, 0.6) is 0 Å². The quantitative estimate of drug-likeness (QED) is 0.599. The Morgan fingerprint density at radius 2 is 1.85 bits per heavy atom. The second kappa shape index (κ2) is 9.62. The molecule has 0 atom stereocenters. The molecule has 0 spiro atoms. The standard InChI is InChI=1S/C19H13N5O2S/c1-2-26-19(25)13-7-8-23-18(9-13)27-16-5-3-15(4-6-16)24-17(12-22)14(10-20)11-21/h3-9,24H,2H2,1H3. The topological polar surface area (TPSA) is 123 Å². The molecule has 0 saturated carbocycles. The van der Waals surface area contributed by atoms with Gasteiger partial charge in [0.15, 0.2) is 5.57 Å². The van der Waals surface area contributed by atoms with Crippen LogP contribution in [0.2, 0.25) is 0 Å². The number of hydrogen-bond acceptors (Lipinski definition) is 8. The fraction of sp³-hybridized carbons (Fsp3) is 0.105. The van der Waals surface area contributed by atoms with Gasteiger partial charge in [-0.25, -0.2) is 9.78 Å². The van der Waals surface area contributed by atoms with E-state index in [0.717, 1.165) is 4.90 Å². The van der Waals surface area contributed by atoms with E-state index in [1.54, 1.807) is 67.7 Å². The van der Waals surface area contributed by atoms with Gasteiger partial charge in [0.25, 0.3) is 0 Å². The zero-order chi connectivity index (χ0) is 19.6. The van der Waals surface area contributed by atoms with Crippen molar-refractivity contribution in [1.29, 1.82) is 15.8 Å². The number of nitriles is 3. The monoisotopic (exact) mass is 375 g/mol. The second-order valence-electron chi connectivity index (χ2n) is 4.94. The predicted octanol–water partition coefficient (Wildman–Crippen LogP) is 3.65. The van der Waals surface area contributed by atoms with Gasteiger partial charge in [0.05, 0.1) is 12.2 Å². The zero-order valence-electron chi connectivity index (χ0n) is 14.3. The zero-order valence-corrected chi connectivity index (χ0v) is 15.1. The SMILES string of the molecule is CCOC(=O)c1ccnc(Sc2ccc(NC(C#N)=C(C#N)C#N)cc2)c1. The van der Waals surface area contributed by atoms with E-state index in [1.807, 2.05) is 0 Å². The van der Waals surface area contributed by atoms with Crippen LogP contribution in [0.1, 0.15) is 17.3 Å². The molecule has 0 radical (unpaired) electrons. The first-order valence-corrected chi connectivity index (χ1v) is 8.55. The highest BCUT2D eigenvalue weighted by Gasteiger charge is 2.09. The number of rotatable bonds is 6. The van der Waals surface area contributed by atoms with Gasteiger partial charge in [0.1, 0.15) is 28.9 Å². The van der Waals surface area contributed by atoms with Crippen LogP contribution in [-0.4, -0.2) is 17.6 Å². The minimum atomic E-state index is -0.400. The molecule has 1 N–H and O–H groups in total. The van der Waals surface area contributed by atoms with Crippen molar-refractivity contribution in [2.75, 3.05) is 11.9 Å². The van der Waals surface area contributed by atoms with E-state index in [-0.39, 0.29) is 11.3 Å². The molecule has 0 saturated heterocycles. The number of allylic oxidation sites excluding steroid dienone is 2. The summed E-state index contributed by atoms with van der Waals surface area (Å²) in [5, 5.41) is 30.1. The lowest BCUT2D eigenvalue weighted by molar-refractivity contribution is 0.0526. The van der Waals surface area contributed by atoms with E-state index in [0.29, 0.717) is 22.9 Å². The summed E-state index contributed by atoms with van der Waals surface area (Å²) in [7, 11) is 0. The molecule has 0 bridgehead atoms. The van der Waals surface area contributed by atoms with Crippen molar-refractivity contribution in [1.82, 2.24) is 4.98 Å². The average Bonchev–Trinajstić information content (AvgIpc) is 2.70. The van der Waals surface area contributed by atoms with Gasteiger partial charge in [0.2, 0.25) is 0 Å². The number of pyridine rings is 1. The average molecular weight is 375 g/mol. The number of nitrogens with one attached hydrogen (secondary N) is 1. The molecule has 0 unspecified atom stereocenters. The molecule has 132 valence electrons. The molecule has 1 aromatic heterocycles. The van der Waals surface area contributed by atoms with Crippen LogP contribution in [0.25, 0.3) is 0 Å². The van der Waals surface area contributed by atoms with Crippen molar-refractivity contribution in [2.24, 2.45) is 0 Å². The number of anilines is 1. The van der Waals surface area contributed by atoms with Crippen LogP contribution in [0.3, 0.4) is 0 Å². The lowest BCUT2D eigenvalue weighted by Gasteiger charge is -2.07. The molecule has 1 heterocycles. The number of benzene rings is 1. The highest BCUT2D eigenvalue weighted by atomic mass is 32.2. The molecule has 0 fully saturated rings. The minimum Gasteiger partial charge on any atom is -0.462 e. The first kappa shape index (κ1) is 19.5. The fourth-order valence-corrected chi connectivity index (χ4v) is 2.77. The highest BCUT2D eigenvalue weighted by molar-refractivity contribution is 7.99. The molecule has 27 heavy (non-hydrogen) atoms. The maximum atomic E-state index is 11.8. The maximum absolute atomic E-state index is 11.8. The van der Waals surface area contributed by atoms with Crippen molar-refractivity contribution in [3.8, 4) is 18.2 Å². The van der Waals surface area contributed by atoms with Gasteiger partial charge < -0.3 is 10.1 Å². The van der Waals surface area contributed by atoms with Gasteiger partial charge in [-0.05, 0) is 43.3 Å². The summed E-state index contributed by atoms with van der Waals surface area (Å²) in [6.07, 6.45) is 1.54. The summed E-state index contributed by atoms with van der Waals surface area (Å²) >= 11 is 1.36. The normalized spacial score (nSPS) is 9.26. The van der Waals surface area contributed by atoms with Crippen molar-refractivity contribution in [3.63, 3.8) is 0 Å². The molecular weight excluding hydrogens is 362 g/mol. The smallest absolute Gasteiger partial charge is 0.338 e. The van der Waals surface area contributed by atoms with E-state index >= 15 is 0 Å². The summed E-state index contributed by atoms with van der Waals surface area (Å²) in [4.78, 5) is 16.9. The van der Waals surface area contributed by atoms with Crippen molar-refractivity contribution < 1.29 is 9.53 Å². The van der Waals surface area contributed by atoms with Crippen LogP contribution < -0.4 is 5.32 Å². The first-order chi connectivity index (χ1) is 13.1. The molecule has 2 rings (SSSR count). The van der Waals surface area contributed by atoms with Crippen LogP contribution in [0, 0.1) is 34.0 Å². The number of aromatic nitrogens is 1. The van der Waals surface area contributed by atoms with E-state index in [2.05, 4.69) is 10.3 Å². The molecular formula is C19H13N5O2S. The van der Waals surface area contributed by atoms with Crippen molar-refractivity contribution in [2.45, 2.75) is 16.8 Å². The van der Waals surface area contributed by atoms with Crippen molar-refractivity contribution >= 4 is 23.4 Å². The first-order valence-electron chi connectivity index (χ1n) is 7.74. The van der Waals surface area contributed by atoms with Gasteiger partial charge in [0, 0.05) is 16.8 Å². The number of nitrogens with zero attached hydrogens (tertiary/aromatic N) is 4. The molecule has 0 aliphatic carbocycles. The van der Waals surface area contributed by atoms with Crippen LogP contribution in [-0.2, 0) is 4.74 Å². The Kier molecular flexibility index (Phi) is 6.96. The molecule has 2 aromatic rings. The molecule has 0 amide bonds. The Bertz CT molecular complexity index is 978. The van der Waals surface area contributed by atoms with Gasteiger partial charge in [-0.3, -0.25) is 0 Å². The Balaban J connectivity index is 2.13. The van der Waals surface area contributed by atoms with Crippen molar-refractivity contribution in [3.05, 3.63) is 59.4 Å². The summed E-state index contributed by atoms with van der Waals surface area (Å²) in [5.74, 6) is -0.400. The summed E-state index contributed by atoms with van der Waals surface area (Å²) < 4.78 is 4.97. The molecule has 0 aliphatic rings. The largest absolute Gasteiger partial charge is 0.462 e. The van der Waals surface area contributed by atoms with E-state index in [4.69, 9.17) is 20.5 Å². The van der Waals surface area contributed by atoms with Crippen LogP contribution in [0.15, 0.2) is 63.8 Å². The highest BCUT2D eigenvalue weighted by Crippen LogP contribution is 2.28. The maximum Gasteiger partial charge on any atom is 0.338 e. The number of ether oxygens (including phenoxy) is 1. The number of carbonyl (C=O) groups is 1. The van der Waals surface area contributed by atoms with E-state index in [9.17, 15) is 4.79 Å². The summed E-state index contributed by atoms with van der Waals surface area (Å²) in [6, 6.07) is 15.4. The Labute approximate surface area is 160 Å². The number of hydrogen-bond donors (Lipinski definition) is 1. The third-order valence-corrected chi connectivity index (χ3v) is 4.12. The van der Waals surface area contributed by atoms with E-state index in [1.165, 1.54) is 11.8 Å².